The number of aryl methyl sites for hydroxylation is 3. The molecule has 0 saturated carbocycles. The molecule has 0 bridgehead atoms. The van der Waals surface area contributed by atoms with Crippen molar-refractivity contribution in [1.82, 2.24) is 0 Å². The van der Waals surface area contributed by atoms with Gasteiger partial charge in [-0.1, -0.05) is 33.7 Å². The average Bonchev–Trinajstić information content (AvgIpc) is 2.65. The monoisotopic (exact) mass is 300 g/mol. The first-order valence-electron chi connectivity index (χ1n) is 5.44. The Morgan fingerprint density at radius 3 is 2.00 bits per heavy atom. The topological polar surface area (TPSA) is 87.1 Å². The van der Waals surface area contributed by atoms with Crippen molar-refractivity contribution in [3.63, 3.8) is 0 Å². The van der Waals surface area contributed by atoms with Gasteiger partial charge < -0.3 is 4.55 Å². The normalized spacial score (nSPS) is 10.7. The molecular weight excluding hydrogens is 284 g/mol. The van der Waals surface area contributed by atoms with Gasteiger partial charge in [-0.2, -0.15) is 0 Å². The number of nitrogens with zero attached hydrogens (tertiary/aromatic N) is 1. The molecule has 104 valence electrons. The van der Waals surface area contributed by atoms with Gasteiger partial charge in [0.2, 0.25) is 6.20 Å². The Morgan fingerprint density at radius 1 is 1.21 bits per heavy atom. The molecule has 0 radical (unpaired) electrons. The Bertz CT molecular complexity index is 627. The van der Waals surface area contributed by atoms with E-state index in [1.165, 1.54) is 4.68 Å². The molecule has 1 heterocycles. The molecule has 0 fully saturated rings. The van der Waals surface area contributed by atoms with Gasteiger partial charge in [0.15, 0.2) is 0 Å². The molecule has 2 N–H and O–H groups in total. The van der Waals surface area contributed by atoms with E-state index in [2.05, 4.69) is 0 Å². The highest BCUT2D eigenvalue weighted by Gasteiger charge is 2.09. The summed E-state index contributed by atoms with van der Waals surface area (Å²) < 4.78 is 34.0. The molecule has 0 unspecified atom stereocenters. The highest BCUT2D eigenvalue weighted by Crippen LogP contribution is 2.20. The van der Waals surface area contributed by atoms with E-state index in [-0.39, 0.29) is 4.90 Å². The third-order valence-corrected chi connectivity index (χ3v) is 4.14. The first-order chi connectivity index (χ1) is 8.71. The number of thiazole rings is 1. The largest absolute Gasteiger partial charge is 0.744 e. The number of aromatic nitrogens is 1. The first-order valence-corrected chi connectivity index (χ1v) is 7.79. The third-order valence-electron chi connectivity index (χ3n) is 2.35. The zero-order chi connectivity index (χ0) is 14.6. The lowest BCUT2D eigenvalue weighted by Gasteiger charge is -2.14. The van der Waals surface area contributed by atoms with E-state index in [1.54, 1.807) is 43.5 Å². The molecule has 1 aromatic carbocycles. The Labute approximate surface area is 117 Å². The molecule has 0 saturated heterocycles. The summed E-state index contributed by atoms with van der Waals surface area (Å²) in [7, 11) is -4.33. The molecular formula is C12H16N2O3S2. The van der Waals surface area contributed by atoms with Crippen LogP contribution >= 0.6 is 11.3 Å². The lowest BCUT2D eigenvalue weighted by Crippen LogP contribution is -2.40. The van der Waals surface area contributed by atoms with Crippen molar-refractivity contribution in [3.05, 3.63) is 45.9 Å². The van der Waals surface area contributed by atoms with Gasteiger partial charge in [-0.05, 0) is 31.9 Å². The maximum Gasteiger partial charge on any atom is 0.254 e. The maximum atomic E-state index is 10.8. The van der Waals surface area contributed by atoms with Crippen LogP contribution in [0, 0.1) is 20.8 Å². The second-order valence-corrected chi connectivity index (χ2v) is 6.23. The van der Waals surface area contributed by atoms with Crippen LogP contribution in [0.15, 0.2) is 34.1 Å². The standard InChI is InChI=1S/C9H12O3S.C3H5N2S/c1-6-4-7(2)9(8(3)5-6)13(10,11)12;4-5-1-2-6-3-5/h4-5H,1-3H3,(H,10,11,12);1-3H,4H2/q;+1/p-1. The highest BCUT2D eigenvalue weighted by molar-refractivity contribution is 7.85. The molecule has 2 rings (SSSR count). The second kappa shape index (κ2) is 6.14. The van der Waals surface area contributed by atoms with Crippen LogP contribution in [0.1, 0.15) is 16.7 Å². The minimum atomic E-state index is -4.33. The summed E-state index contributed by atoms with van der Waals surface area (Å²) in [5.74, 6) is 5.20. The molecule has 0 aliphatic heterocycles. The SMILES string of the molecule is Cc1cc(C)c(S(=O)(=O)[O-])c(C)c1.N[n+]1ccsc1. The van der Waals surface area contributed by atoms with Gasteiger partial charge in [-0.3, -0.25) is 0 Å². The van der Waals surface area contributed by atoms with E-state index in [1.807, 2.05) is 17.8 Å². The Hall–Kier alpha value is -1.44. The maximum absolute atomic E-state index is 10.8. The van der Waals surface area contributed by atoms with Crippen molar-refractivity contribution in [2.75, 3.05) is 5.84 Å². The number of hydrogen-bond donors (Lipinski definition) is 1. The zero-order valence-electron chi connectivity index (χ0n) is 11.0. The number of nitrogens with two attached hydrogens (primary N) is 1. The number of hydrogen-bond acceptors (Lipinski definition) is 5. The Morgan fingerprint density at radius 2 is 1.74 bits per heavy atom. The fourth-order valence-electron chi connectivity index (χ4n) is 1.81. The van der Waals surface area contributed by atoms with Crippen LogP contribution in [0.5, 0.6) is 0 Å². The minimum absolute atomic E-state index is 0.0851. The van der Waals surface area contributed by atoms with E-state index in [0.717, 1.165) is 5.56 Å². The van der Waals surface area contributed by atoms with Crippen molar-refractivity contribution in [2.24, 2.45) is 0 Å². The fraction of sp³-hybridized carbons (Fsp3) is 0.250. The summed E-state index contributed by atoms with van der Waals surface area (Å²) >= 11 is 1.58. The van der Waals surface area contributed by atoms with Gasteiger partial charge in [-0.15, -0.1) is 0 Å². The molecule has 5 nitrogen and oxygen atoms in total. The Balaban J connectivity index is 0.000000250. The predicted octanol–water partition coefficient (Wildman–Crippen LogP) is 1.27. The van der Waals surface area contributed by atoms with Crippen LogP contribution in [-0.2, 0) is 10.1 Å². The number of nitrogen functional groups attached to an aromatic ring is 1. The quantitative estimate of drug-likeness (QED) is 0.488. The molecule has 0 aliphatic rings. The fourth-order valence-corrected chi connectivity index (χ4v) is 3.21. The van der Waals surface area contributed by atoms with Gasteiger partial charge in [0.05, 0.1) is 10.3 Å². The van der Waals surface area contributed by atoms with E-state index >= 15 is 0 Å². The summed E-state index contributed by atoms with van der Waals surface area (Å²) in [6, 6.07) is 3.38. The highest BCUT2D eigenvalue weighted by atomic mass is 32.2. The smallest absolute Gasteiger partial charge is 0.254 e. The number of rotatable bonds is 1. The van der Waals surface area contributed by atoms with Crippen LogP contribution in [0.4, 0.5) is 0 Å². The van der Waals surface area contributed by atoms with Gasteiger partial charge in [0, 0.05) is 0 Å². The summed E-state index contributed by atoms with van der Waals surface area (Å²) in [4.78, 5) is -0.0851. The van der Waals surface area contributed by atoms with Crippen molar-refractivity contribution in [1.29, 1.82) is 0 Å². The van der Waals surface area contributed by atoms with Crippen molar-refractivity contribution in [3.8, 4) is 0 Å². The molecule has 0 atom stereocenters. The minimum Gasteiger partial charge on any atom is -0.744 e. The molecule has 2 aromatic rings. The predicted molar refractivity (Wildman–Crippen MR) is 73.3 cm³/mol. The lowest BCUT2D eigenvalue weighted by atomic mass is 10.1. The van der Waals surface area contributed by atoms with Crippen molar-refractivity contribution < 1.29 is 17.6 Å². The van der Waals surface area contributed by atoms with Crippen molar-refractivity contribution in [2.45, 2.75) is 25.7 Å². The van der Waals surface area contributed by atoms with Gasteiger partial charge in [0.1, 0.15) is 10.1 Å². The van der Waals surface area contributed by atoms with Crippen molar-refractivity contribution >= 4 is 21.5 Å². The lowest BCUT2D eigenvalue weighted by molar-refractivity contribution is -0.633. The summed E-state index contributed by atoms with van der Waals surface area (Å²) in [5, 5.41) is 1.92. The van der Waals surface area contributed by atoms with Crippen LogP contribution in [0.2, 0.25) is 0 Å². The van der Waals surface area contributed by atoms with E-state index in [9.17, 15) is 13.0 Å². The van der Waals surface area contributed by atoms with Gasteiger partial charge in [0.25, 0.3) is 5.51 Å². The summed E-state index contributed by atoms with van der Waals surface area (Å²) in [6.45, 7) is 5.12. The summed E-state index contributed by atoms with van der Waals surface area (Å²) in [5.41, 5.74) is 3.82. The molecule has 1 aromatic heterocycles. The molecule has 7 heteroatoms. The first kappa shape index (κ1) is 15.6. The number of benzene rings is 1. The van der Waals surface area contributed by atoms with Crippen LogP contribution < -0.4 is 10.5 Å². The van der Waals surface area contributed by atoms with Gasteiger partial charge >= 0.3 is 0 Å². The molecule has 0 aliphatic carbocycles. The molecule has 19 heavy (non-hydrogen) atoms. The second-order valence-electron chi connectivity index (χ2n) is 4.16. The molecule has 0 amide bonds. The van der Waals surface area contributed by atoms with Gasteiger partial charge in [-0.25, -0.2) is 14.3 Å². The zero-order valence-corrected chi connectivity index (χ0v) is 12.6. The third kappa shape index (κ3) is 4.62. The van der Waals surface area contributed by atoms with E-state index < -0.39 is 10.1 Å². The van der Waals surface area contributed by atoms with Crippen LogP contribution in [-0.4, -0.2) is 13.0 Å². The Kier molecular flexibility index (Phi) is 5.04. The summed E-state index contributed by atoms with van der Waals surface area (Å²) in [6.07, 6.45) is 1.80. The average molecular weight is 300 g/mol. The van der Waals surface area contributed by atoms with Crippen LogP contribution in [0.25, 0.3) is 0 Å². The van der Waals surface area contributed by atoms with E-state index in [0.29, 0.717) is 11.1 Å². The van der Waals surface area contributed by atoms with Crippen LogP contribution in [0.3, 0.4) is 0 Å². The van der Waals surface area contributed by atoms with E-state index in [4.69, 9.17) is 5.84 Å². The molecule has 0 spiro atoms.